The summed E-state index contributed by atoms with van der Waals surface area (Å²) >= 11 is 6.20. The van der Waals surface area contributed by atoms with Gasteiger partial charge in [-0.3, -0.25) is 9.52 Å². The minimum Gasteiger partial charge on any atom is -0.486 e. The molecule has 0 fully saturated rings. The van der Waals surface area contributed by atoms with Crippen LogP contribution in [0.1, 0.15) is 15.9 Å². The number of anilines is 1. The molecule has 0 saturated heterocycles. The monoisotopic (exact) mass is 410 g/mol. The van der Waals surface area contributed by atoms with Gasteiger partial charge in [-0.2, -0.15) is 0 Å². The highest BCUT2D eigenvalue weighted by Gasteiger charge is 2.16. The minimum atomic E-state index is -3.35. The smallest absolute Gasteiger partial charge is 0.251 e. The van der Waals surface area contributed by atoms with Gasteiger partial charge in [0, 0.05) is 17.8 Å². The number of hydrogen-bond acceptors (Lipinski definition) is 5. The number of carbonyl (C=O) groups is 1. The Morgan fingerprint density at radius 3 is 2.56 bits per heavy atom. The molecule has 0 atom stereocenters. The van der Waals surface area contributed by atoms with Crippen LogP contribution in [0.3, 0.4) is 0 Å². The van der Waals surface area contributed by atoms with E-state index < -0.39 is 10.0 Å². The molecule has 0 saturated carbocycles. The number of hydrogen-bond donors (Lipinski definition) is 2. The third-order valence-electron chi connectivity index (χ3n) is 3.81. The van der Waals surface area contributed by atoms with Gasteiger partial charge in [-0.05, 0) is 48.4 Å². The van der Waals surface area contributed by atoms with Crippen LogP contribution in [0.15, 0.2) is 36.4 Å². The molecule has 2 N–H and O–H groups in total. The highest BCUT2D eigenvalue weighted by Crippen LogP contribution is 2.38. The number of rotatable bonds is 6. The second-order valence-electron chi connectivity index (χ2n) is 6.06. The topological polar surface area (TPSA) is 93.7 Å². The third kappa shape index (κ3) is 5.27. The van der Waals surface area contributed by atoms with Crippen molar-refractivity contribution in [2.24, 2.45) is 0 Å². The van der Waals surface area contributed by atoms with Gasteiger partial charge in [0.05, 0.1) is 11.3 Å². The molecular weight excluding hydrogens is 392 g/mol. The van der Waals surface area contributed by atoms with Gasteiger partial charge in [0.25, 0.3) is 5.91 Å². The van der Waals surface area contributed by atoms with E-state index in [0.29, 0.717) is 54.0 Å². The molecular formula is C18H19ClN2O5S. The van der Waals surface area contributed by atoms with Crippen LogP contribution >= 0.6 is 11.6 Å². The van der Waals surface area contributed by atoms with E-state index in [2.05, 4.69) is 10.0 Å². The third-order valence-corrected chi connectivity index (χ3v) is 4.69. The first kappa shape index (κ1) is 19.3. The molecule has 2 aromatic rings. The van der Waals surface area contributed by atoms with Crippen LogP contribution in [0.25, 0.3) is 0 Å². The Kier molecular flexibility index (Phi) is 5.76. The van der Waals surface area contributed by atoms with Crippen LogP contribution in [-0.2, 0) is 16.4 Å². The van der Waals surface area contributed by atoms with Gasteiger partial charge in [-0.15, -0.1) is 0 Å². The number of amides is 1. The maximum absolute atomic E-state index is 12.2. The van der Waals surface area contributed by atoms with Crippen molar-refractivity contribution in [3.63, 3.8) is 0 Å². The van der Waals surface area contributed by atoms with E-state index in [1.165, 1.54) is 12.1 Å². The van der Waals surface area contributed by atoms with Crippen LogP contribution in [0.5, 0.6) is 11.5 Å². The number of nitrogens with one attached hydrogen (secondary N) is 2. The van der Waals surface area contributed by atoms with Gasteiger partial charge in [-0.25, -0.2) is 8.42 Å². The van der Waals surface area contributed by atoms with E-state index >= 15 is 0 Å². The van der Waals surface area contributed by atoms with Crippen molar-refractivity contribution >= 4 is 33.2 Å². The molecule has 9 heteroatoms. The molecule has 2 aromatic carbocycles. The number of carbonyl (C=O) groups excluding carboxylic acids is 1. The summed E-state index contributed by atoms with van der Waals surface area (Å²) in [6.07, 6.45) is 1.65. The SMILES string of the molecule is CS(=O)(=O)Nc1ccc(C(=O)NCCc2cc(Cl)c3c(c2)OCCO3)cc1. The highest BCUT2D eigenvalue weighted by atomic mass is 35.5. The summed E-state index contributed by atoms with van der Waals surface area (Å²) in [6, 6.07) is 9.85. The predicted molar refractivity (Wildman–Crippen MR) is 103 cm³/mol. The number of benzene rings is 2. The van der Waals surface area contributed by atoms with Gasteiger partial charge in [0.15, 0.2) is 11.5 Å². The van der Waals surface area contributed by atoms with Crippen molar-refractivity contribution in [1.82, 2.24) is 5.32 Å². The van der Waals surface area contributed by atoms with E-state index in [1.807, 2.05) is 6.07 Å². The number of halogens is 1. The van der Waals surface area contributed by atoms with Crippen LogP contribution in [-0.4, -0.2) is 40.3 Å². The lowest BCUT2D eigenvalue weighted by Crippen LogP contribution is -2.25. The van der Waals surface area contributed by atoms with Crippen LogP contribution in [0.4, 0.5) is 5.69 Å². The number of fused-ring (bicyclic) bond motifs is 1. The average Bonchev–Trinajstić information content (AvgIpc) is 2.61. The van der Waals surface area contributed by atoms with E-state index in [1.54, 1.807) is 18.2 Å². The van der Waals surface area contributed by atoms with Crippen molar-refractivity contribution in [2.75, 3.05) is 30.7 Å². The summed E-state index contributed by atoms with van der Waals surface area (Å²) in [5.74, 6) is 0.923. The first-order chi connectivity index (χ1) is 12.8. The molecule has 0 radical (unpaired) electrons. The van der Waals surface area contributed by atoms with Crippen molar-refractivity contribution in [1.29, 1.82) is 0 Å². The largest absolute Gasteiger partial charge is 0.486 e. The predicted octanol–water partition coefficient (Wildman–Crippen LogP) is 2.46. The quantitative estimate of drug-likeness (QED) is 0.762. The zero-order chi connectivity index (χ0) is 19.4. The summed E-state index contributed by atoms with van der Waals surface area (Å²) in [6.45, 7) is 1.37. The molecule has 0 bridgehead atoms. The van der Waals surface area contributed by atoms with E-state index in [-0.39, 0.29) is 5.91 Å². The fourth-order valence-corrected chi connectivity index (χ4v) is 3.49. The summed E-state index contributed by atoms with van der Waals surface area (Å²) in [7, 11) is -3.35. The highest BCUT2D eigenvalue weighted by molar-refractivity contribution is 7.92. The van der Waals surface area contributed by atoms with Crippen LogP contribution in [0.2, 0.25) is 5.02 Å². The molecule has 7 nitrogen and oxygen atoms in total. The summed E-state index contributed by atoms with van der Waals surface area (Å²) in [5, 5.41) is 3.31. The molecule has 0 spiro atoms. The first-order valence-electron chi connectivity index (χ1n) is 8.26. The fraction of sp³-hybridized carbons (Fsp3) is 0.278. The van der Waals surface area contributed by atoms with Crippen molar-refractivity contribution in [3.05, 3.63) is 52.5 Å². The molecule has 0 aromatic heterocycles. The molecule has 1 aliphatic rings. The van der Waals surface area contributed by atoms with Gasteiger partial charge in [-0.1, -0.05) is 11.6 Å². The normalized spacial score (nSPS) is 13.1. The lowest BCUT2D eigenvalue weighted by atomic mass is 10.1. The van der Waals surface area contributed by atoms with E-state index in [0.717, 1.165) is 11.8 Å². The Balaban J connectivity index is 1.56. The number of ether oxygens (including phenoxy) is 2. The summed E-state index contributed by atoms with van der Waals surface area (Å²) in [5.41, 5.74) is 1.77. The van der Waals surface area contributed by atoms with Gasteiger partial charge in [0.2, 0.25) is 10.0 Å². The molecule has 27 heavy (non-hydrogen) atoms. The summed E-state index contributed by atoms with van der Waals surface area (Å²) in [4.78, 5) is 12.2. The molecule has 1 amide bonds. The lowest BCUT2D eigenvalue weighted by molar-refractivity contribution is 0.0954. The van der Waals surface area contributed by atoms with Gasteiger partial charge >= 0.3 is 0 Å². The van der Waals surface area contributed by atoms with E-state index in [9.17, 15) is 13.2 Å². The Bertz CT molecular complexity index is 945. The first-order valence-corrected chi connectivity index (χ1v) is 10.5. The lowest BCUT2D eigenvalue weighted by Gasteiger charge is -2.20. The van der Waals surface area contributed by atoms with E-state index in [4.69, 9.17) is 21.1 Å². The zero-order valence-corrected chi connectivity index (χ0v) is 16.2. The second-order valence-corrected chi connectivity index (χ2v) is 8.21. The Labute approximate surface area is 162 Å². The van der Waals surface area contributed by atoms with Crippen LogP contribution < -0.4 is 19.5 Å². The van der Waals surface area contributed by atoms with Crippen molar-refractivity contribution in [3.8, 4) is 11.5 Å². The van der Waals surface area contributed by atoms with Crippen molar-refractivity contribution in [2.45, 2.75) is 6.42 Å². The molecule has 1 aliphatic heterocycles. The fourth-order valence-electron chi connectivity index (χ4n) is 2.63. The van der Waals surface area contributed by atoms with Crippen molar-refractivity contribution < 1.29 is 22.7 Å². The van der Waals surface area contributed by atoms with Gasteiger partial charge < -0.3 is 14.8 Å². The Morgan fingerprint density at radius 2 is 1.85 bits per heavy atom. The Morgan fingerprint density at radius 1 is 1.15 bits per heavy atom. The maximum Gasteiger partial charge on any atom is 0.251 e. The molecule has 0 unspecified atom stereocenters. The second kappa shape index (κ2) is 8.06. The molecule has 3 rings (SSSR count). The molecule has 144 valence electrons. The van der Waals surface area contributed by atoms with Crippen LogP contribution in [0, 0.1) is 0 Å². The molecule has 0 aliphatic carbocycles. The maximum atomic E-state index is 12.2. The van der Waals surface area contributed by atoms with Gasteiger partial charge in [0.1, 0.15) is 13.2 Å². The standard InChI is InChI=1S/C18H19ClN2O5S/c1-27(23,24)21-14-4-2-13(3-5-14)18(22)20-7-6-12-10-15(19)17-16(11-12)25-8-9-26-17/h2-5,10-11,21H,6-9H2,1H3,(H,20,22). The number of sulfonamides is 1. The Hall–Kier alpha value is -2.45. The molecule has 1 heterocycles. The average molecular weight is 411 g/mol. The zero-order valence-electron chi connectivity index (χ0n) is 14.6. The minimum absolute atomic E-state index is 0.246. The summed E-state index contributed by atoms with van der Waals surface area (Å²) < 4.78 is 35.8.